The summed E-state index contributed by atoms with van der Waals surface area (Å²) in [6, 6.07) is 0. The van der Waals surface area contributed by atoms with Crippen molar-refractivity contribution in [3.63, 3.8) is 0 Å². The number of nitrogens with two attached hydrogens (primary N) is 1. The largest absolute Gasteiger partial charge is 0.444 e. The Morgan fingerprint density at radius 3 is 2.68 bits per heavy atom. The minimum atomic E-state index is -0.493. The van der Waals surface area contributed by atoms with Crippen molar-refractivity contribution in [3.05, 3.63) is 11.3 Å². The SMILES string of the molecule is CC(C)(C)OC(=O)N1CCCN(c2ncnc(N)c2Cl)CC1. The molecule has 0 atom stereocenters. The average Bonchev–Trinajstić information content (AvgIpc) is 2.66. The zero-order valence-electron chi connectivity index (χ0n) is 13.2. The molecule has 1 saturated heterocycles. The third-order valence-corrected chi connectivity index (χ3v) is 3.61. The Balaban J connectivity index is 2.04. The molecule has 22 heavy (non-hydrogen) atoms. The fraction of sp³-hybridized carbons (Fsp3) is 0.643. The van der Waals surface area contributed by atoms with Crippen LogP contribution in [-0.2, 0) is 4.74 Å². The van der Waals surface area contributed by atoms with Gasteiger partial charge in [-0.1, -0.05) is 11.6 Å². The first kappa shape index (κ1) is 16.6. The summed E-state index contributed by atoms with van der Waals surface area (Å²) in [6.45, 7) is 8.14. The number of ether oxygens (including phenoxy) is 1. The predicted octanol–water partition coefficient (Wildman–Crippen LogP) is 2.16. The number of carbonyl (C=O) groups excluding carboxylic acids is 1. The maximum absolute atomic E-state index is 12.1. The van der Waals surface area contributed by atoms with E-state index in [9.17, 15) is 4.79 Å². The molecular formula is C14H22ClN5O2. The summed E-state index contributed by atoms with van der Waals surface area (Å²) in [5, 5.41) is 0.355. The van der Waals surface area contributed by atoms with Crippen LogP contribution in [0.2, 0.25) is 5.02 Å². The van der Waals surface area contributed by atoms with Crippen molar-refractivity contribution in [2.24, 2.45) is 0 Å². The molecule has 1 aliphatic heterocycles. The van der Waals surface area contributed by atoms with Gasteiger partial charge in [-0.3, -0.25) is 0 Å². The third kappa shape index (κ3) is 4.13. The maximum Gasteiger partial charge on any atom is 0.410 e. The normalized spacial score (nSPS) is 16.4. The molecule has 0 aliphatic carbocycles. The Labute approximate surface area is 135 Å². The Bertz CT molecular complexity index is 547. The smallest absolute Gasteiger partial charge is 0.410 e. The number of hydrogen-bond acceptors (Lipinski definition) is 6. The van der Waals surface area contributed by atoms with Gasteiger partial charge >= 0.3 is 6.09 Å². The zero-order valence-corrected chi connectivity index (χ0v) is 13.9. The second-order valence-corrected chi connectivity index (χ2v) is 6.58. The molecule has 0 radical (unpaired) electrons. The Hall–Kier alpha value is -1.76. The molecule has 1 fully saturated rings. The van der Waals surface area contributed by atoms with Gasteiger partial charge < -0.3 is 20.3 Å². The van der Waals surface area contributed by atoms with E-state index >= 15 is 0 Å². The van der Waals surface area contributed by atoms with E-state index in [1.807, 2.05) is 25.7 Å². The zero-order chi connectivity index (χ0) is 16.3. The van der Waals surface area contributed by atoms with Crippen LogP contribution in [0.4, 0.5) is 16.4 Å². The monoisotopic (exact) mass is 327 g/mol. The summed E-state index contributed by atoms with van der Waals surface area (Å²) in [7, 11) is 0. The number of carbonyl (C=O) groups is 1. The summed E-state index contributed by atoms with van der Waals surface area (Å²) in [5.41, 5.74) is 5.22. The minimum absolute atomic E-state index is 0.264. The number of rotatable bonds is 1. The molecule has 2 rings (SSSR count). The van der Waals surface area contributed by atoms with E-state index in [-0.39, 0.29) is 11.9 Å². The maximum atomic E-state index is 12.1. The molecular weight excluding hydrogens is 306 g/mol. The van der Waals surface area contributed by atoms with Crippen molar-refractivity contribution in [2.45, 2.75) is 32.8 Å². The molecule has 0 unspecified atom stereocenters. The van der Waals surface area contributed by atoms with E-state index in [0.29, 0.717) is 30.5 Å². The van der Waals surface area contributed by atoms with Crippen LogP contribution in [0.15, 0.2) is 6.33 Å². The standard InChI is InChI=1S/C14H22ClN5O2/c1-14(2,3)22-13(21)20-6-4-5-19(7-8-20)12-10(15)11(16)17-9-18-12/h9H,4-8H2,1-3H3,(H2,16,17,18). The molecule has 122 valence electrons. The van der Waals surface area contributed by atoms with Crippen LogP contribution < -0.4 is 10.6 Å². The van der Waals surface area contributed by atoms with Crippen LogP contribution in [0.5, 0.6) is 0 Å². The van der Waals surface area contributed by atoms with Crippen molar-refractivity contribution in [2.75, 3.05) is 36.8 Å². The van der Waals surface area contributed by atoms with Crippen LogP contribution >= 0.6 is 11.6 Å². The molecule has 1 amide bonds. The highest BCUT2D eigenvalue weighted by atomic mass is 35.5. The summed E-state index contributed by atoms with van der Waals surface area (Å²) in [6.07, 6.45) is 1.91. The lowest BCUT2D eigenvalue weighted by Crippen LogP contribution is -2.39. The molecule has 0 saturated carbocycles. The summed E-state index contributed by atoms with van der Waals surface area (Å²) in [4.78, 5) is 23.9. The second-order valence-electron chi connectivity index (χ2n) is 6.20. The first-order chi connectivity index (χ1) is 10.3. The highest BCUT2D eigenvalue weighted by Crippen LogP contribution is 2.27. The molecule has 8 heteroatoms. The van der Waals surface area contributed by atoms with Gasteiger partial charge in [-0.2, -0.15) is 0 Å². The van der Waals surface area contributed by atoms with Crippen molar-refractivity contribution >= 4 is 29.3 Å². The first-order valence-electron chi connectivity index (χ1n) is 7.27. The Morgan fingerprint density at radius 1 is 1.27 bits per heavy atom. The van der Waals surface area contributed by atoms with Crippen molar-refractivity contribution in [1.29, 1.82) is 0 Å². The van der Waals surface area contributed by atoms with Crippen molar-refractivity contribution < 1.29 is 9.53 Å². The van der Waals surface area contributed by atoms with Gasteiger partial charge in [0.25, 0.3) is 0 Å². The fourth-order valence-electron chi connectivity index (χ4n) is 2.23. The van der Waals surface area contributed by atoms with Crippen LogP contribution in [0.3, 0.4) is 0 Å². The molecule has 2 heterocycles. The number of aromatic nitrogens is 2. The molecule has 0 aromatic carbocycles. The number of anilines is 2. The molecule has 2 N–H and O–H groups in total. The lowest BCUT2D eigenvalue weighted by atomic mass is 10.2. The molecule has 0 spiro atoms. The molecule has 1 aromatic rings. The van der Waals surface area contributed by atoms with Crippen LogP contribution in [-0.4, -0.2) is 52.7 Å². The predicted molar refractivity (Wildman–Crippen MR) is 86.1 cm³/mol. The topological polar surface area (TPSA) is 84.6 Å². The van der Waals surface area contributed by atoms with Crippen LogP contribution in [0.1, 0.15) is 27.2 Å². The summed E-state index contributed by atoms with van der Waals surface area (Å²) in [5.74, 6) is 0.875. The summed E-state index contributed by atoms with van der Waals surface area (Å²) >= 11 is 6.17. The third-order valence-electron chi connectivity index (χ3n) is 3.25. The fourth-order valence-corrected chi connectivity index (χ4v) is 2.45. The van der Waals surface area contributed by atoms with Gasteiger partial charge in [-0.05, 0) is 27.2 Å². The van der Waals surface area contributed by atoms with Crippen molar-refractivity contribution in [1.82, 2.24) is 14.9 Å². The lowest BCUT2D eigenvalue weighted by Gasteiger charge is -2.26. The van der Waals surface area contributed by atoms with Gasteiger partial charge in [0.15, 0.2) is 5.82 Å². The number of nitrogen functional groups attached to an aromatic ring is 1. The van der Waals surface area contributed by atoms with E-state index in [1.54, 1.807) is 4.90 Å². The quantitative estimate of drug-likeness (QED) is 0.850. The highest BCUT2D eigenvalue weighted by Gasteiger charge is 2.25. The van der Waals surface area contributed by atoms with E-state index in [0.717, 1.165) is 13.0 Å². The Morgan fingerprint density at radius 2 is 2.00 bits per heavy atom. The van der Waals surface area contributed by atoms with Gasteiger partial charge in [0.1, 0.15) is 22.8 Å². The van der Waals surface area contributed by atoms with Gasteiger partial charge in [-0.25, -0.2) is 14.8 Å². The Kier molecular flexibility index (Phi) is 4.95. The van der Waals surface area contributed by atoms with Crippen molar-refractivity contribution in [3.8, 4) is 0 Å². The number of amides is 1. The summed E-state index contributed by atoms with van der Waals surface area (Å²) < 4.78 is 5.41. The molecule has 0 bridgehead atoms. The lowest BCUT2D eigenvalue weighted by molar-refractivity contribution is 0.0263. The van der Waals surface area contributed by atoms with Gasteiger partial charge in [-0.15, -0.1) is 0 Å². The van der Waals surface area contributed by atoms with Crippen LogP contribution in [0, 0.1) is 0 Å². The molecule has 1 aromatic heterocycles. The molecule has 1 aliphatic rings. The average molecular weight is 328 g/mol. The second kappa shape index (κ2) is 6.56. The van der Waals surface area contributed by atoms with Crippen LogP contribution in [0.25, 0.3) is 0 Å². The van der Waals surface area contributed by atoms with Gasteiger partial charge in [0, 0.05) is 26.2 Å². The first-order valence-corrected chi connectivity index (χ1v) is 7.64. The number of nitrogens with zero attached hydrogens (tertiary/aromatic N) is 4. The number of hydrogen-bond donors (Lipinski definition) is 1. The molecule has 7 nitrogen and oxygen atoms in total. The van der Waals surface area contributed by atoms with E-state index in [4.69, 9.17) is 22.1 Å². The minimum Gasteiger partial charge on any atom is -0.444 e. The van der Waals surface area contributed by atoms with E-state index < -0.39 is 5.60 Å². The van der Waals surface area contributed by atoms with E-state index in [2.05, 4.69) is 9.97 Å². The van der Waals surface area contributed by atoms with E-state index in [1.165, 1.54) is 6.33 Å². The van der Waals surface area contributed by atoms with Gasteiger partial charge in [0.05, 0.1) is 0 Å². The van der Waals surface area contributed by atoms with Gasteiger partial charge in [0.2, 0.25) is 0 Å². The number of halogens is 1. The highest BCUT2D eigenvalue weighted by molar-refractivity contribution is 6.35.